The zero-order valence-corrected chi connectivity index (χ0v) is 17.2. The summed E-state index contributed by atoms with van der Waals surface area (Å²) >= 11 is 0. The number of aliphatic hydroxyl groups excluding tert-OH is 3. The monoisotopic (exact) mass is 506 g/mol. The first-order chi connectivity index (χ1) is 16.4. The number of ether oxygens (including phenoxy) is 1. The van der Waals surface area contributed by atoms with E-state index in [0.29, 0.717) is 18.3 Å². The Hall–Kier alpha value is -3.34. The van der Waals surface area contributed by atoms with E-state index in [4.69, 9.17) is 4.74 Å². The molecular weight excluding hydrogens is 490 g/mol. The fraction of sp³-hybridized carbons (Fsp3) is 0.368. The third-order valence-electron chi connectivity index (χ3n) is 5.21. The molecule has 3 aromatic rings. The van der Waals surface area contributed by atoms with Gasteiger partial charge in [-0.05, 0) is 12.1 Å². The Morgan fingerprint density at radius 3 is 2.43 bits per heavy atom. The summed E-state index contributed by atoms with van der Waals surface area (Å²) < 4.78 is 85.0. The minimum Gasteiger partial charge on any atom is -0.394 e. The number of fused-ring (bicyclic) bond motifs is 1. The maximum absolute atomic E-state index is 13.3. The van der Waals surface area contributed by atoms with Gasteiger partial charge < -0.3 is 20.1 Å². The van der Waals surface area contributed by atoms with E-state index in [0.717, 1.165) is 6.33 Å². The zero-order valence-electron chi connectivity index (χ0n) is 17.2. The summed E-state index contributed by atoms with van der Waals surface area (Å²) in [6.07, 6.45) is -12.1. The van der Waals surface area contributed by atoms with Gasteiger partial charge in [0.15, 0.2) is 23.2 Å². The molecule has 0 aliphatic carbocycles. The van der Waals surface area contributed by atoms with E-state index in [2.05, 4.69) is 25.5 Å². The minimum absolute atomic E-state index is 0.00705. The summed E-state index contributed by atoms with van der Waals surface area (Å²) in [7, 11) is 0. The number of aliphatic hydroxyl groups is 3. The van der Waals surface area contributed by atoms with E-state index < -0.39 is 60.2 Å². The summed E-state index contributed by atoms with van der Waals surface area (Å²) in [5.74, 6) is -0.0720. The van der Waals surface area contributed by atoms with E-state index >= 15 is 0 Å². The number of benzene rings is 1. The number of hydrazone groups is 1. The molecule has 0 bridgehead atoms. The highest BCUT2D eigenvalue weighted by atomic mass is 19.4. The average Bonchev–Trinajstić information content (AvgIpc) is 3.34. The molecule has 16 heteroatoms. The molecular formula is C19H16F6N6O4. The van der Waals surface area contributed by atoms with Gasteiger partial charge in [0.2, 0.25) is 0 Å². The van der Waals surface area contributed by atoms with Crippen molar-refractivity contribution in [1.29, 1.82) is 0 Å². The number of hydrogen-bond acceptors (Lipinski definition) is 9. The van der Waals surface area contributed by atoms with Crippen LogP contribution in [0.3, 0.4) is 0 Å². The number of rotatable bonds is 5. The van der Waals surface area contributed by atoms with Crippen molar-refractivity contribution in [3.63, 3.8) is 0 Å². The van der Waals surface area contributed by atoms with Gasteiger partial charge in [-0.25, -0.2) is 15.0 Å². The molecule has 1 saturated heterocycles. The van der Waals surface area contributed by atoms with Crippen molar-refractivity contribution in [2.45, 2.75) is 36.9 Å². The van der Waals surface area contributed by atoms with E-state index in [1.807, 2.05) is 0 Å². The summed E-state index contributed by atoms with van der Waals surface area (Å²) in [6, 6.07) is 1.14. The number of nitrogens with one attached hydrogen (secondary N) is 1. The molecule has 35 heavy (non-hydrogen) atoms. The molecule has 0 radical (unpaired) electrons. The molecule has 4 N–H and O–H groups in total. The van der Waals surface area contributed by atoms with Crippen LogP contribution < -0.4 is 5.43 Å². The highest BCUT2D eigenvalue weighted by Crippen LogP contribution is 2.37. The third-order valence-corrected chi connectivity index (χ3v) is 5.21. The van der Waals surface area contributed by atoms with Gasteiger partial charge in [-0.1, -0.05) is 6.07 Å². The van der Waals surface area contributed by atoms with E-state index in [1.54, 1.807) is 0 Å². The van der Waals surface area contributed by atoms with Crippen LogP contribution >= 0.6 is 0 Å². The predicted molar refractivity (Wildman–Crippen MR) is 106 cm³/mol. The van der Waals surface area contributed by atoms with E-state index in [-0.39, 0.29) is 23.0 Å². The number of anilines is 1. The van der Waals surface area contributed by atoms with Gasteiger partial charge >= 0.3 is 12.4 Å². The molecule has 1 aliphatic rings. The van der Waals surface area contributed by atoms with Gasteiger partial charge in [0.05, 0.1) is 30.3 Å². The van der Waals surface area contributed by atoms with Gasteiger partial charge in [0.1, 0.15) is 24.6 Å². The smallest absolute Gasteiger partial charge is 0.394 e. The molecule has 2 aromatic heterocycles. The molecule has 3 heterocycles. The number of hydrogen-bond donors (Lipinski definition) is 4. The standard InChI is InChI=1S/C19H16F6N6O4/c20-18(21,22)9-2-1-8(10(3-9)19(23,24)25)4-29-30-15-12-16(27-6-26-15)31(7-28-12)17-14(34)13(33)11(5-32)35-17/h1-4,6-7,11,13-14,17,32-34H,5H2,(H,26,27,30)/b29-4+/t11-,13?,14+,17-/m1/s1. The van der Waals surface area contributed by atoms with Crippen LogP contribution in [0.4, 0.5) is 32.2 Å². The maximum Gasteiger partial charge on any atom is 0.417 e. The molecule has 4 atom stereocenters. The van der Waals surface area contributed by atoms with Crippen molar-refractivity contribution in [1.82, 2.24) is 19.5 Å². The van der Waals surface area contributed by atoms with Crippen molar-refractivity contribution in [3.8, 4) is 0 Å². The van der Waals surface area contributed by atoms with Crippen molar-refractivity contribution < 1.29 is 46.4 Å². The van der Waals surface area contributed by atoms with Gasteiger partial charge in [-0.15, -0.1) is 0 Å². The number of aromatic nitrogens is 4. The van der Waals surface area contributed by atoms with Crippen LogP contribution in [-0.2, 0) is 17.1 Å². The first-order valence-electron chi connectivity index (χ1n) is 9.79. The van der Waals surface area contributed by atoms with E-state index in [1.165, 1.54) is 10.9 Å². The number of alkyl halides is 6. The van der Waals surface area contributed by atoms with Gasteiger partial charge in [0, 0.05) is 5.56 Å². The fourth-order valence-electron chi connectivity index (χ4n) is 3.48. The largest absolute Gasteiger partial charge is 0.417 e. The lowest BCUT2D eigenvalue weighted by Crippen LogP contribution is -2.33. The first kappa shape index (κ1) is 24.8. The molecule has 0 spiro atoms. The maximum atomic E-state index is 13.3. The van der Waals surface area contributed by atoms with Crippen LogP contribution in [0, 0.1) is 0 Å². The molecule has 4 rings (SSSR count). The quantitative estimate of drug-likeness (QED) is 0.234. The Kier molecular flexibility index (Phi) is 6.39. The average molecular weight is 506 g/mol. The fourth-order valence-corrected chi connectivity index (χ4v) is 3.48. The minimum atomic E-state index is -5.07. The Labute approximate surface area is 191 Å². The molecule has 1 aliphatic heterocycles. The van der Waals surface area contributed by atoms with E-state index in [9.17, 15) is 41.7 Å². The predicted octanol–water partition coefficient (Wildman–Crippen LogP) is 1.92. The second kappa shape index (κ2) is 9.03. The van der Waals surface area contributed by atoms with Crippen molar-refractivity contribution >= 4 is 23.2 Å². The lowest BCUT2D eigenvalue weighted by Gasteiger charge is -2.16. The number of halogens is 6. The van der Waals surface area contributed by atoms with Gasteiger partial charge in [-0.2, -0.15) is 31.4 Å². The topological polar surface area (TPSA) is 138 Å². The highest BCUT2D eigenvalue weighted by Gasteiger charge is 2.44. The highest BCUT2D eigenvalue weighted by molar-refractivity contribution is 5.85. The van der Waals surface area contributed by atoms with Crippen LogP contribution in [0.25, 0.3) is 11.2 Å². The SMILES string of the molecule is OC[C@H]1O[C@@H](n2cnc3c(N/N=C/c4ccc(C(F)(F)F)cc4C(F)(F)F)ncnc32)[C@@H](O)C1O. The lowest BCUT2D eigenvalue weighted by molar-refractivity contribution is -0.143. The molecule has 10 nitrogen and oxygen atoms in total. The van der Waals surface area contributed by atoms with Crippen LogP contribution in [0.5, 0.6) is 0 Å². The summed E-state index contributed by atoms with van der Waals surface area (Å²) in [6.45, 7) is -0.554. The molecule has 0 amide bonds. The van der Waals surface area contributed by atoms with Crippen LogP contribution in [0.1, 0.15) is 22.9 Å². The van der Waals surface area contributed by atoms with Crippen LogP contribution in [0.2, 0.25) is 0 Å². The van der Waals surface area contributed by atoms with Crippen molar-refractivity contribution in [3.05, 3.63) is 47.5 Å². The number of nitrogens with zero attached hydrogens (tertiary/aromatic N) is 5. The van der Waals surface area contributed by atoms with Crippen molar-refractivity contribution in [2.24, 2.45) is 5.10 Å². The van der Waals surface area contributed by atoms with Crippen molar-refractivity contribution in [2.75, 3.05) is 12.0 Å². The Bertz CT molecular complexity index is 1250. The molecule has 1 aromatic carbocycles. The lowest BCUT2D eigenvalue weighted by atomic mass is 10.0. The Balaban J connectivity index is 1.61. The second-order valence-corrected chi connectivity index (χ2v) is 7.44. The Morgan fingerprint density at radius 2 is 1.80 bits per heavy atom. The molecule has 1 unspecified atom stereocenters. The first-order valence-corrected chi connectivity index (χ1v) is 9.79. The summed E-state index contributed by atoms with van der Waals surface area (Å²) in [5.41, 5.74) is -1.09. The van der Waals surface area contributed by atoms with Crippen LogP contribution in [0.15, 0.2) is 36.0 Å². The normalized spacial score (nSPS) is 23.5. The second-order valence-electron chi connectivity index (χ2n) is 7.44. The van der Waals surface area contributed by atoms with Gasteiger partial charge in [0.25, 0.3) is 0 Å². The zero-order chi connectivity index (χ0) is 25.5. The number of imidazole rings is 1. The Morgan fingerprint density at radius 1 is 1.06 bits per heavy atom. The van der Waals surface area contributed by atoms with Gasteiger partial charge in [-0.3, -0.25) is 9.99 Å². The summed E-state index contributed by atoms with van der Waals surface area (Å²) in [4.78, 5) is 12.0. The molecule has 188 valence electrons. The molecule has 0 saturated carbocycles. The third kappa shape index (κ3) is 4.77. The molecule has 1 fully saturated rings. The summed E-state index contributed by atoms with van der Waals surface area (Å²) in [5, 5.41) is 33.0. The van der Waals surface area contributed by atoms with Crippen LogP contribution in [-0.4, -0.2) is 66.0 Å².